The molecule has 1 aliphatic rings. The van der Waals surface area contributed by atoms with Crippen molar-refractivity contribution in [1.82, 2.24) is 5.32 Å². The van der Waals surface area contributed by atoms with Crippen LogP contribution in [0.15, 0.2) is 34.7 Å². The fourth-order valence-electron chi connectivity index (χ4n) is 3.02. The number of furan rings is 1. The van der Waals surface area contributed by atoms with Gasteiger partial charge in [0.25, 0.3) is 0 Å². The lowest BCUT2D eigenvalue weighted by Crippen LogP contribution is -2.49. The lowest BCUT2D eigenvalue weighted by Gasteiger charge is -2.36. The van der Waals surface area contributed by atoms with Gasteiger partial charge in [-0.15, -0.1) is 0 Å². The van der Waals surface area contributed by atoms with Crippen LogP contribution < -0.4 is 5.32 Å². The molecule has 3 nitrogen and oxygen atoms in total. The zero-order valence-corrected chi connectivity index (χ0v) is 11.2. The predicted molar refractivity (Wildman–Crippen MR) is 76.0 cm³/mol. The molecule has 1 aromatic carbocycles. The fraction of sp³-hybridized carbons (Fsp3) is 0.500. The van der Waals surface area contributed by atoms with E-state index in [1.165, 1.54) is 19.3 Å². The second kappa shape index (κ2) is 5.35. The summed E-state index contributed by atoms with van der Waals surface area (Å²) < 4.78 is 5.80. The average Bonchev–Trinajstić information content (AvgIpc) is 2.89. The van der Waals surface area contributed by atoms with Crippen LogP contribution in [0.2, 0.25) is 0 Å². The van der Waals surface area contributed by atoms with Crippen molar-refractivity contribution in [2.75, 3.05) is 6.61 Å². The van der Waals surface area contributed by atoms with Crippen LogP contribution >= 0.6 is 0 Å². The van der Waals surface area contributed by atoms with Crippen LogP contribution in [0.3, 0.4) is 0 Å². The topological polar surface area (TPSA) is 45.4 Å². The fourth-order valence-corrected chi connectivity index (χ4v) is 3.02. The first kappa shape index (κ1) is 12.7. The number of nitrogens with one attached hydrogen (secondary N) is 1. The zero-order valence-electron chi connectivity index (χ0n) is 11.2. The summed E-state index contributed by atoms with van der Waals surface area (Å²) in [6.45, 7) is 0.905. The summed E-state index contributed by atoms with van der Waals surface area (Å²) in [5.74, 6) is 0.944. The number of para-hydroxylation sites is 1. The molecule has 102 valence electrons. The molecule has 2 aromatic rings. The van der Waals surface area contributed by atoms with Gasteiger partial charge in [0.05, 0.1) is 13.2 Å². The van der Waals surface area contributed by atoms with E-state index in [-0.39, 0.29) is 12.1 Å². The maximum Gasteiger partial charge on any atom is 0.134 e. The van der Waals surface area contributed by atoms with Crippen LogP contribution in [-0.4, -0.2) is 17.3 Å². The van der Waals surface area contributed by atoms with E-state index in [4.69, 9.17) is 4.42 Å². The number of fused-ring (bicyclic) bond motifs is 1. The Kier molecular flexibility index (Phi) is 3.58. The normalized spacial score (nSPS) is 18.8. The van der Waals surface area contributed by atoms with Crippen molar-refractivity contribution in [3.05, 3.63) is 36.1 Å². The van der Waals surface area contributed by atoms with Crippen LogP contribution in [0.4, 0.5) is 0 Å². The van der Waals surface area contributed by atoms with Gasteiger partial charge in [0.2, 0.25) is 0 Å². The minimum Gasteiger partial charge on any atom is -0.460 e. The number of aliphatic hydroxyl groups excluding tert-OH is 1. The van der Waals surface area contributed by atoms with E-state index in [2.05, 4.69) is 17.4 Å². The third-order valence-electron chi connectivity index (χ3n) is 4.23. The Morgan fingerprint density at radius 1 is 1.16 bits per heavy atom. The summed E-state index contributed by atoms with van der Waals surface area (Å²) >= 11 is 0. The van der Waals surface area contributed by atoms with Crippen molar-refractivity contribution in [2.45, 2.75) is 44.2 Å². The minimum absolute atomic E-state index is 0.1000. The van der Waals surface area contributed by atoms with E-state index in [1.54, 1.807) is 0 Å². The Morgan fingerprint density at radius 3 is 2.68 bits per heavy atom. The number of hydrogen-bond acceptors (Lipinski definition) is 3. The highest BCUT2D eigenvalue weighted by atomic mass is 16.3. The van der Waals surface area contributed by atoms with Crippen molar-refractivity contribution in [3.8, 4) is 0 Å². The van der Waals surface area contributed by atoms with Crippen molar-refractivity contribution in [3.63, 3.8) is 0 Å². The second-order valence-corrected chi connectivity index (χ2v) is 5.60. The monoisotopic (exact) mass is 259 g/mol. The van der Waals surface area contributed by atoms with Gasteiger partial charge < -0.3 is 14.8 Å². The highest BCUT2D eigenvalue weighted by Gasteiger charge is 2.30. The van der Waals surface area contributed by atoms with Gasteiger partial charge in [0.1, 0.15) is 11.3 Å². The first-order valence-corrected chi connectivity index (χ1v) is 7.15. The third-order valence-corrected chi connectivity index (χ3v) is 4.23. The molecule has 0 unspecified atom stereocenters. The summed E-state index contributed by atoms with van der Waals surface area (Å²) in [6.07, 6.45) is 5.81. The molecular weight excluding hydrogens is 238 g/mol. The van der Waals surface area contributed by atoms with Gasteiger partial charge in [0, 0.05) is 10.9 Å². The van der Waals surface area contributed by atoms with E-state index in [9.17, 15) is 5.11 Å². The Hall–Kier alpha value is -1.32. The number of aliphatic hydroxyl groups is 1. The van der Waals surface area contributed by atoms with Gasteiger partial charge in [-0.25, -0.2) is 0 Å². The van der Waals surface area contributed by atoms with Gasteiger partial charge in [-0.05, 0) is 25.0 Å². The molecule has 1 heterocycles. The van der Waals surface area contributed by atoms with Gasteiger partial charge in [-0.2, -0.15) is 0 Å². The lowest BCUT2D eigenvalue weighted by atomic mass is 9.82. The number of hydrogen-bond donors (Lipinski definition) is 2. The number of benzene rings is 1. The predicted octanol–water partition coefficient (Wildman–Crippen LogP) is 3.22. The molecule has 1 saturated carbocycles. The number of rotatable bonds is 4. The second-order valence-electron chi connectivity index (χ2n) is 5.60. The van der Waals surface area contributed by atoms with Crippen LogP contribution in [-0.2, 0) is 6.54 Å². The standard InChI is InChI=1S/C16H21NO2/c18-12-16(8-4-1-5-9-16)17-11-14-10-13-6-2-3-7-15(13)19-14/h2-3,6-7,10,17-18H,1,4-5,8-9,11-12H2. The van der Waals surface area contributed by atoms with Gasteiger partial charge in [-0.1, -0.05) is 37.5 Å². The molecule has 0 amide bonds. The first-order valence-electron chi connectivity index (χ1n) is 7.15. The van der Waals surface area contributed by atoms with Crippen molar-refractivity contribution >= 4 is 11.0 Å². The van der Waals surface area contributed by atoms with Gasteiger partial charge >= 0.3 is 0 Å². The quantitative estimate of drug-likeness (QED) is 0.886. The molecule has 2 N–H and O–H groups in total. The Balaban J connectivity index is 1.70. The molecule has 19 heavy (non-hydrogen) atoms. The molecular formula is C16H21NO2. The lowest BCUT2D eigenvalue weighted by molar-refractivity contribution is 0.117. The molecule has 0 radical (unpaired) electrons. The van der Waals surface area contributed by atoms with Crippen LogP contribution in [0.25, 0.3) is 11.0 Å². The molecule has 3 rings (SSSR count). The van der Waals surface area contributed by atoms with Gasteiger partial charge in [0.15, 0.2) is 0 Å². The molecule has 1 aromatic heterocycles. The van der Waals surface area contributed by atoms with E-state index >= 15 is 0 Å². The molecule has 0 atom stereocenters. The summed E-state index contributed by atoms with van der Waals surface area (Å²) in [4.78, 5) is 0. The van der Waals surface area contributed by atoms with Gasteiger partial charge in [-0.3, -0.25) is 0 Å². The summed E-state index contributed by atoms with van der Waals surface area (Å²) in [5.41, 5.74) is 0.831. The maximum absolute atomic E-state index is 9.67. The Morgan fingerprint density at radius 2 is 1.95 bits per heavy atom. The largest absolute Gasteiger partial charge is 0.460 e. The Bertz CT molecular complexity index is 507. The molecule has 1 fully saturated rings. The summed E-state index contributed by atoms with van der Waals surface area (Å²) in [5, 5.41) is 14.3. The molecule has 0 bridgehead atoms. The van der Waals surface area contributed by atoms with E-state index in [1.807, 2.05) is 18.2 Å². The molecule has 0 aliphatic heterocycles. The average molecular weight is 259 g/mol. The Labute approximate surface area is 113 Å². The smallest absolute Gasteiger partial charge is 0.134 e. The maximum atomic E-state index is 9.67. The highest BCUT2D eigenvalue weighted by molar-refractivity contribution is 5.77. The van der Waals surface area contributed by atoms with E-state index in [0.29, 0.717) is 6.54 Å². The van der Waals surface area contributed by atoms with Crippen LogP contribution in [0.5, 0.6) is 0 Å². The van der Waals surface area contributed by atoms with Crippen LogP contribution in [0, 0.1) is 0 Å². The van der Waals surface area contributed by atoms with Crippen molar-refractivity contribution in [2.24, 2.45) is 0 Å². The first-order chi connectivity index (χ1) is 9.31. The van der Waals surface area contributed by atoms with Crippen molar-refractivity contribution in [1.29, 1.82) is 0 Å². The SMILES string of the molecule is OCC1(NCc2cc3ccccc3o2)CCCCC1. The summed E-state index contributed by atoms with van der Waals surface area (Å²) in [6, 6.07) is 10.1. The molecule has 0 spiro atoms. The third kappa shape index (κ3) is 2.67. The zero-order chi connectivity index (χ0) is 13.1. The molecule has 0 saturated heterocycles. The van der Waals surface area contributed by atoms with Crippen LogP contribution in [0.1, 0.15) is 37.9 Å². The highest BCUT2D eigenvalue weighted by Crippen LogP contribution is 2.28. The summed E-state index contributed by atoms with van der Waals surface area (Å²) in [7, 11) is 0. The van der Waals surface area contributed by atoms with E-state index in [0.717, 1.165) is 29.6 Å². The molecule has 1 aliphatic carbocycles. The minimum atomic E-state index is -0.1000. The van der Waals surface area contributed by atoms with E-state index < -0.39 is 0 Å². The molecule has 3 heteroatoms. The van der Waals surface area contributed by atoms with Crippen molar-refractivity contribution < 1.29 is 9.52 Å².